The summed E-state index contributed by atoms with van der Waals surface area (Å²) in [4.78, 5) is 34.8. The minimum atomic E-state index is -0.636. The van der Waals surface area contributed by atoms with Crippen molar-refractivity contribution in [2.24, 2.45) is 5.92 Å². The lowest BCUT2D eigenvalue weighted by molar-refractivity contribution is -0.120. The molecule has 0 heterocycles. The van der Waals surface area contributed by atoms with E-state index >= 15 is 0 Å². The molecule has 7 heteroatoms. The highest BCUT2D eigenvalue weighted by molar-refractivity contribution is 5.88. The molecule has 0 aromatic heterocycles. The minimum absolute atomic E-state index is 0.134. The molecule has 1 saturated carbocycles. The molecule has 3 amide bonds. The van der Waals surface area contributed by atoms with Gasteiger partial charge in [0.1, 0.15) is 5.60 Å². The maximum Gasteiger partial charge on any atom is 0.408 e. The molecule has 0 aromatic carbocycles. The Balaban J connectivity index is 2.13. The lowest BCUT2D eigenvalue weighted by atomic mass is 9.99. The van der Waals surface area contributed by atoms with Gasteiger partial charge in [-0.3, -0.25) is 9.59 Å². The van der Waals surface area contributed by atoms with Crippen LogP contribution in [0.5, 0.6) is 0 Å². The number of carbonyl (C=O) groups is 3. The van der Waals surface area contributed by atoms with Crippen LogP contribution >= 0.6 is 0 Å². The van der Waals surface area contributed by atoms with Gasteiger partial charge < -0.3 is 20.7 Å². The molecule has 0 aromatic rings. The highest BCUT2D eigenvalue weighted by atomic mass is 16.6. The second kappa shape index (κ2) is 10.1. The van der Waals surface area contributed by atoms with Crippen LogP contribution in [0.15, 0.2) is 11.6 Å². The molecule has 0 unspecified atom stereocenters. The van der Waals surface area contributed by atoms with Crippen molar-refractivity contribution in [1.29, 1.82) is 0 Å². The molecule has 0 bridgehead atoms. The predicted octanol–water partition coefficient (Wildman–Crippen LogP) is 1.88. The minimum Gasteiger partial charge on any atom is -0.444 e. The SMILES string of the molecule is C/C(=C\C(=O)NCCNC(=O)CNC(=O)OC(C)(C)C)C1CCCC1. The third-order valence-electron chi connectivity index (χ3n) is 3.90. The Labute approximate surface area is 149 Å². The number of nitrogens with one attached hydrogen (secondary N) is 3. The van der Waals surface area contributed by atoms with Gasteiger partial charge in [0.15, 0.2) is 0 Å². The average Bonchev–Trinajstić information content (AvgIpc) is 3.02. The van der Waals surface area contributed by atoms with Gasteiger partial charge in [0.05, 0.1) is 6.54 Å². The molecule has 1 fully saturated rings. The lowest BCUT2D eigenvalue weighted by Crippen LogP contribution is -2.41. The fourth-order valence-electron chi connectivity index (χ4n) is 2.67. The van der Waals surface area contributed by atoms with E-state index < -0.39 is 11.7 Å². The fourth-order valence-corrected chi connectivity index (χ4v) is 2.67. The second-order valence-electron chi connectivity index (χ2n) is 7.37. The van der Waals surface area contributed by atoms with E-state index in [1.807, 2.05) is 6.92 Å². The summed E-state index contributed by atoms with van der Waals surface area (Å²) in [6.45, 7) is 7.72. The summed E-state index contributed by atoms with van der Waals surface area (Å²) in [5, 5.41) is 7.74. The topological polar surface area (TPSA) is 96.5 Å². The monoisotopic (exact) mass is 353 g/mol. The zero-order valence-corrected chi connectivity index (χ0v) is 15.7. The number of alkyl carbamates (subject to hydrolysis) is 1. The van der Waals surface area contributed by atoms with Crippen molar-refractivity contribution in [1.82, 2.24) is 16.0 Å². The first-order valence-electron chi connectivity index (χ1n) is 8.87. The summed E-state index contributed by atoms with van der Waals surface area (Å²) in [7, 11) is 0. The fraction of sp³-hybridized carbons (Fsp3) is 0.722. The van der Waals surface area contributed by atoms with E-state index in [0.29, 0.717) is 19.0 Å². The first-order valence-corrected chi connectivity index (χ1v) is 8.87. The van der Waals surface area contributed by atoms with Gasteiger partial charge in [-0.05, 0) is 46.5 Å². The van der Waals surface area contributed by atoms with Crippen LogP contribution in [0, 0.1) is 5.92 Å². The zero-order chi connectivity index (χ0) is 18.9. The van der Waals surface area contributed by atoms with E-state index in [-0.39, 0.29) is 18.4 Å². The molecular formula is C18H31N3O4. The van der Waals surface area contributed by atoms with E-state index in [4.69, 9.17) is 4.74 Å². The number of ether oxygens (including phenoxy) is 1. The summed E-state index contributed by atoms with van der Waals surface area (Å²) < 4.78 is 5.03. The first-order chi connectivity index (χ1) is 11.7. The van der Waals surface area contributed by atoms with Gasteiger partial charge in [0, 0.05) is 19.2 Å². The van der Waals surface area contributed by atoms with E-state index in [2.05, 4.69) is 16.0 Å². The molecular weight excluding hydrogens is 322 g/mol. The van der Waals surface area contributed by atoms with Crippen LogP contribution in [-0.4, -0.2) is 43.1 Å². The molecule has 0 spiro atoms. The van der Waals surface area contributed by atoms with E-state index in [1.54, 1.807) is 26.8 Å². The molecule has 0 saturated heterocycles. The molecule has 142 valence electrons. The highest BCUT2D eigenvalue weighted by Crippen LogP contribution is 2.30. The maximum atomic E-state index is 11.8. The van der Waals surface area contributed by atoms with Crippen molar-refractivity contribution in [3.63, 3.8) is 0 Å². The third-order valence-corrected chi connectivity index (χ3v) is 3.90. The van der Waals surface area contributed by atoms with Crippen molar-refractivity contribution < 1.29 is 19.1 Å². The molecule has 1 aliphatic carbocycles. The Morgan fingerprint density at radius 3 is 2.24 bits per heavy atom. The zero-order valence-electron chi connectivity index (χ0n) is 15.7. The number of rotatable bonds is 7. The highest BCUT2D eigenvalue weighted by Gasteiger charge is 2.17. The van der Waals surface area contributed by atoms with E-state index in [0.717, 1.165) is 18.4 Å². The second-order valence-corrected chi connectivity index (χ2v) is 7.37. The van der Waals surface area contributed by atoms with Gasteiger partial charge in [-0.15, -0.1) is 0 Å². The third kappa shape index (κ3) is 9.74. The molecule has 3 N–H and O–H groups in total. The molecule has 7 nitrogen and oxygen atoms in total. The molecule has 25 heavy (non-hydrogen) atoms. The van der Waals surface area contributed by atoms with Gasteiger partial charge in [-0.1, -0.05) is 18.4 Å². The Hall–Kier alpha value is -2.05. The molecule has 0 atom stereocenters. The van der Waals surface area contributed by atoms with Crippen LogP contribution in [0.2, 0.25) is 0 Å². The Bertz CT molecular complexity index is 503. The van der Waals surface area contributed by atoms with E-state index in [9.17, 15) is 14.4 Å². The van der Waals surface area contributed by atoms with Gasteiger partial charge in [0.2, 0.25) is 11.8 Å². The number of hydrogen-bond donors (Lipinski definition) is 3. The van der Waals surface area contributed by atoms with Crippen molar-refractivity contribution in [2.75, 3.05) is 19.6 Å². The van der Waals surface area contributed by atoms with Crippen molar-refractivity contribution in [3.05, 3.63) is 11.6 Å². The van der Waals surface area contributed by atoms with Crippen LogP contribution in [0.25, 0.3) is 0 Å². The van der Waals surface area contributed by atoms with Crippen molar-refractivity contribution in [2.45, 2.75) is 59.0 Å². The summed E-state index contributed by atoms with van der Waals surface area (Å²) in [5.41, 5.74) is 0.523. The standard InChI is InChI=1S/C18H31N3O4/c1-13(14-7-5-6-8-14)11-15(22)19-9-10-20-16(23)12-21-17(24)25-18(2,3)4/h11,14H,5-10,12H2,1-4H3,(H,19,22)(H,20,23)(H,21,24)/b13-11+. The molecule has 1 rings (SSSR count). The average molecular weight is 353 g/mol. The largest absolute Gasteiger partial charge is 0.444 e. The van der Waals surface area contributed by atoms with Gasteiger partial charge in [-0.2, -0.15) is 0 Å². The molecule has 0 aliphatic heterocycles. The quantitative estimate of drug-likeness (QED) is 0.481. The summed E-state index contributed by atoms with van der Waals surface area (Å²) in [5.74, 6) is 0.0627. The number of carbonyl (C=O) groups excluding carboxylic acids is 3. The van der Waals surface area contributed by atoms with Crippen LogP contribution in [0.1, 0.15) is 53.4 Å². The summed E-state index contributed by atoms with van der Waals surface area (Å²) in [6.07, 6.45) is 5.82. The number of allylic oxidation sites excluding steroid dienone is 1. The van der Waals surface area contributed by atoms with Gasteiger partial charge in [-0.25, -0.2) is 4.79 Å². The van der Waals surface area contributed by atoms with Gasteiger partial charge >= 0.3 is 6.09 Å². The maximum absolute atomic E-state index is 11.8. The van der Waals surface area contributed by atoms with Crippen LogP contribution < -0.4 is 16.0 Å². The summed E-state index contributed by atoms with van der Waals surface area (Å²) in [6, 6.07) is 0. The van der Waals surface area contributed by atoms with Crippen LogP contribution in [-0.2, 0) is 14.3 Å². The molecule has 1 aliphatic rings. The number of hydrogen-bond acceptors (Lipinski definition) is 4. The number of amides is 3. The summed E-state index contributed by atoms with van der Waals surface area (Å²) >= 11 is 0. The Kier molecular flexibility index (Phi) is 8.45. The normalized spacial score (nSPS) is 15.6. The van der Waals surface area contributed by atoms with Crippen LogP contribution in [0.3, 0.4) is 0 Å². The smallest absolute Gasteiger partial charge is 0.408 e. The lowest BCUT2D eigenvalue weighted by Gasteiger charge is -2.19. The Morgan fingerprint density at radius 1 is 1.04 bits per heavy atom. The van der Waals surface area contributed by atoms with E-state index in [1.165, 1.54) is 12.8 Å². The molecule has 0 radical (unpaired) electrons. The van der Waals surface area contributed by atoms with Crippen molar-refractivity contribution in [3.8, 4) is 0 Å². The van der Waals surface area contributed by atoms with Gasteiger partial charge in [0.25, 0.3) is 0 Å². The predicted molar refractivity (Wildman–Crippen MR) is 96.0 cm³/mol. The van der Waals surface area contributed by atoms with Crippen molar-refractivity contribution >= 4 is 17.9 Å². The Morgan fingerprint density at radius 2 is 1.64 bits per heavy atom. The first kappa shape index (κ1) is 21.0. The van der Waals surface area contributed by atoms with Crippen LogP contribution in [0.4, 0.5) is 4.79 Å².